The van der Waals surface area contributed by atoms with Gasteiger partial charge in [0, 0.05) is 11.6 Å². The molecule has 0 saturated heterocycles. The molecule has 0 bridgehead atoms. The third kappa shape index (κ3) is 3.65. The number of nitrogen functional groups attached to an aromatic ring is 1. The number of nitrogens with two attached hydrogens (primary N) is 1. The molecule has 3 rings (SSSR count). The van der Waals surface area contributed by atoms with E-state index in [2.05, 4.69) is 56.3 Å². The molecule has 0 aromatic heterocycles. The van der Waals surface area contributed by atoms with Crippen LogP contribution in [0.5, 0.6) is 5.75 Å². The topological polar surface area (TPSA) is 35.2 Å². The van der Waals surface area contributed by atoms with Gasteiger partial charge in [0.15, 0.2) is 0 Å². The van der Waals surface area contributed by atoms with E-state index in [9.17, 15) is 0 Å². The van der Waals surface area contributed by atoms with E-state index in [0.717, 1.165) is 11.4 Å². The number of rotatable bonds is 4. The van der Waals surface area contributed by atoms with Crippen molar-refractivity contribution in [3.05, 3.63) is 83.5 Å². The lowest BCUT2D eigenvalue weighted by Crippen LogP contribution is -2.12. The summed E-state index contributed by atoms with van der Waals surface area (Å²) in [7, 11) is 0. The number of allylic oxidation sites excluding steroid dienone is 4. The van der Waals surface area contributed by atoms with Crippen molar-refractivity contribution < 1.29 is 4.74 Å². The summed E-state index contributed by atoms with van der Waals surface area (Å²) in [4.78, 5) is 0. The van der Waals surface area contributed by atoms with Gasteiger partial charge in [-0.3, -0.25) is 0 Å². The van der Waals surface area contributed by atoms with Gasteiger partial charge in [0.1, 0.15) is 12.4 Å². The first-order valence-corrected chi connectivity index (χ1v) is 8.05. The largest absolute Gasteiger partial charge is 0.489 e. The lowest BCUT2D eigenvalue weighted by Gasteiger charge is -2.26. The van der Waals surface area contributed by atoms with Gasteiger partial charge in [-0.15, -0.1) is 0 Å². The first kappa shape index (κ1) is 15.4. The highest BCUT2D eigenvalue weighted by Gasteiger charge is 2.21. The molecular formula is C21H23NO. The third-order valence-corrected chi connectivity index (χ3v) is 4.39. The smallest absolute Gasteiger partial charge is 0.119 e. The monoisotopic (exact) mass is 305 g/mol. The molecule has 23 heavy (non-hydrogen) atoms. The first-order chi connectivity index (χ1) is 11.1. The fourth-order valence-corrected chi connectivity index (χ4v) is 3.19. The molecule has 0 amide bonds. The van der Waals surface area contributed by atoms with Crippen LogP contribution in [-0.4, -0.2) is 0 Å². The summed E-state index contributed by atoms with van der Waals surface area (Å²) in [6.45, 7) is 5.05. The van der Waals surface area contributed by atoms with Crippen LogP contribution in [0.2, 0.25) is 0 Å². The highest BCUT2D eigenvalue weighted by atomic mass is 16.5. The number of benzene rings is 2. The Kier molecular flexibility index (Phi) is 4.52. The van der Waals surface area contributed by atoms with E-state index in [-0.39, 0.29) is 0 Å². The van der Waals surface area contributed by atoms with Gasteiger partial charge >= 0.3 is 0 Å². The van der Waals surface area contributed by atoms with Crippen molar-refractivity contribution in [1.82, 2.24) is 0 Å². The van der Waals surface area contributed by atoms with Crippen molar-refractivity contribution in [2.24, 2.45) is 5.92 Å². The summed E-state index contributed by atoms with van der Waals surface area (Å²) in [5.41, 5.74) is 10.4. The van der Waals surface area contributed by atoms with E-state index >= 15 is 0 Å². The molecule has 2 unspecified atom stereocenters. The Hall–Kier alpha value is -2.48. The van der Waals surface area contributed by atoms with Gasteiger partial charge < -0.3 is 10.5 Å². The predicted molar refractivity (Wildman–Crippen MR) is 96.4 cm³/mol. The maximum absolute atomic E-state index is 5.86. The van der Waals surface area contributed by atoms with Crippen molar-refractivity contribution in [3.8, 4) is 5.75 Å². The fraction of sp³-hybridized carbons (Fsp3) is 0.238. The standard InChI is InChI=1S/C21H23NO/c1-15-5-3-6-16(2)21(15)18-8-4-7-17(13-18)14-23-20-11-9-19(22)10-12-20/h3-13,15,21H,14,22H2,1-2H3. The summed E-state index contributed by atoms with van der Waals surface area (Å²) in [6, 6.07) is 16.2. The van der Waals surface area contributed by atoms with Crippen LogP contribution in [0.15, 0.2) is 72.3 Å². The molecule has 2 N–H and O–H groups in total. The van der Waals surface area contributed by atoms with Crippen LogP contribution < -0.4 is 10.5 Å². The van der Waals surface area contributed by atoms with Gasteiger partial charge in [-0.25, -0.2) is 0 Å². The molecule has 1 aliphatic carbocycles. The maximum Gasteiger partial charge on any atom is 0.119 e. The Morgan fingerprint density at radius 3 is 2.61 bits per heavy atom. The van der Waals surface area contributed by atoms with Gasteiger partial charge in [0.2, 0.25) is 0 Å². The van der Waals surface area contributed by atoms with Crippen molar-refractivity contribution in [2.45, 2.75) is 26.4 Å². The van der Waals surface area contributed by atoms with Crippen LogP contribution in [0.25, 0.3) is 0 Å². The third-order valence-electron chi connectivity index (χ3n) is 4.39. The van der Waals surface area contributed by atoms with Gasteiger partial charge in [-0.1, -0.05) is 55.0 Å². The Morgan fingerprint density at radius 1 is 1.09 bits per heavy atom. The highest BCUT2D eigenvalue weighted by Crippen LogP contribution is 2.35. The zero-order chi connectivity index (χ0) is 16.2. The molecule has 0 heterocycles. The van der Waals surface area contributed by atoms with Crippen LogP contribution >= 0.6 is 0 Å². The van der Waals surface area contributed by atoms with Crippen molar-refractivity contribution in [2.75, 3.05) is 5.73 Å². The SMILES string of the molecule is CC1=CC=CC(C)C1c1cccc(COc2ccc(N)cc2)c1. The lowest BCUT2D eigenvalue weighted by molar-refractivity contribution is 0.306. The molecule has 0 aliphatic heterocycles. The van der Waals surface area contributed by atoms with Crippen molar-refractivity contribution in [1.29, 1.82) is 0 Å². The number of hydrogen-bond acceptors (Lipinski definition) is 2. The quantitative estimate of drug-likeness (QED) is 0.799. The van der Waals surface area contributed by atoms with Crippen LogP contribution in [-0.2, 0) is 6.61 Å². The summed E-state index contributed by atoms with van der Waals surface area (Å²) >= 11 is 0. The summed E-state index contributed by atoms with van der Waals surface area (Å²) < 4.78 is 5.86. The van der Waals surface area contributed by atoms with Crippen LogP contribution in [0.1, 0.15) is 30.9 Å². The Bertz CT molecular complexity index is 728. The second-order valence-corrected chi connectivity index (χ2v) is 6.24. The number of ether oxygens (including phenoxy) is 1. The molecule has 2 heteroatoms. The molecule has 2 aromatic carbocycles. The normalized spacial score (nSPS) is 20.2. The van der Waals surface area contributed by atoms with Crippen molar-refractivity contribution >= 4 is 5.69 Å². The Morgan fingerprint density at radius 2 is 1.87 bits per heavy atom. The lowest BCUT2D eigenvalue weighted by atomic mass is 9.79. The van der Waals surface area contributed by atoms with E-state index in [1.165, 1.54) is 16.7 Å². The highest BCUT2D eigenvalue weighted by molar-refractivity contribution is 5.42. The minimum Gasteiger partial charge on any atom is -0.489 e. The average molecular weight is 305 g/mol. The molecule has 1 aliphatic rings. The van der Waals surface area contributed by atoms with Gasteiger partial charge in [0.05, 0.1) is 0 Å². The second-order valence-electron chi connectivity index (χ2n) is 6.24. The van der Waals surface area contributed by atoms with Crippen LogP contribution in [0.4, 0.5) is 5.69 Å². The summed E-state index contributed by atoms with van der Waals surface area (Å²) in [6.07, 6.45) is 6.64. The fourth-order valence-electron chi connectivity index (χ4n) is 3.19. The maximum atomic E-state index is 5.86. The van der Waals surface area contributed by atoms with Gasteiger partial charge in [0.25, 0.3) is 0 Å². The van der Waals surface area contributed by atoms with E-state index in [0.29, 0.717) is 18.4 Å². The van der Waals surface area contributed by atoms with Crippen LogP contribution in [0.3, 0.4) is 0 Å². The second kappa shape index (κ2) is 6.74. The first-order valence-electron chi connectivity index (χ1n) is 8.05. The molecule has 0 fully saturated rings. The summed E-state index contributed by atoms with van der Waals surface area (Å²) in [5, 5.41) is 0. The number of anilines is 1. The molecular weight excluding hydrogens is 282 g/mol. The minimum absolute atomic E-state index is 0.455. The Labute approximate surface area is 138 Å². The molecule has 0 saturated carbocycles. The van der Waals surface area contributed by atoms with Crippen LogP contribution in [0, 0.1) is 5.92 Å². The molecule has 2 atom stereocenters. The van der Waals surface area contributed by atoms with Crippen molar-refractivity contribution in [3.63, 3.8) is 0 Å². The number of hydrogen-bond donors (Lipinski definition) is 1. The molecule has 2 nitrogen and oxygen atoms in total. The van der Waals surface area contributed by atoms with E-state index in [1.54, 1.807) is 0 Å². The zero-order valence-corrected chi connectivity index (χ0v) is 13.7. The zero-order valence-electron chi connectivity index (χ0n) is 13.7. The Balaban J connectivity index is 1.73. The van der Waals surface area contributed by atoms with E-state index < -0.39 is 0 Å². The average Bonchev–Trinajstić information content (AvgIpc) is 2.55. The van der Waals surface area contributed by atoms with E-state index in [1.807, 2.05) is 24.3 Å². The minimum atomic E-state index is 0.455. The van der Waals surface area contributed by atoms with Gasteiger partial charge in [-0.2, -0.15) is 0 Å². The molecule has 0 radical (unpaired) electrons. The van der Waals surface area contributed by atoms with E-state index in [4.69, 9.17) is 10.5 Å². The predicted octanol–water partition coefficient (Wildman–Crippen LogP) is 5.08. The molecule has 2 aromatic rings. The van der Waals surface area contributed by atoms with Gasteiger partial charge in [-0.05, 0) is 48.2 Å². The molecule has 118 valence electrons. The molecule has 0 spiro atoms. The summed E-state index contributed by atoms with van der Waals surface area (Å²) in [5.74, 6) is 1.82.